The van der Waals surface area contributed by atoms with E-state index in [1.165, 1.54) is 12.8 Å². The molecule has 1 amide bonds. The Hall–Kier alpha value is -1.46. The van der Waals surface area contributed by atoms with Crippen LogP contribution in [-0.4, -0.2) is 53.8 Å². The van der Waals surface area contributed by atoms with Gasteiger partial charge in [0.15, 0.2) is 0 Å². The number of carbonyl (C=O) groups excluding carboxylic acids is 1. The predicted molar refractivity (Wildman–Crippen MR) is 85.2 cm³/mol. The van der Waals surface area contributed by atoms with Gasteiger partial charge >= 0.3 is 0 Å². The van der Waals surface area contributed by atoms with Crippen LogP contribution in [0, 0.1) is 12.8 Å². The van der Waals surface area contributed by atoms with Crippen molar-refractivity contribution in [1.82, 2.24) is 9.88 Å². The predicted octanol–water partition coefficient (Wildman–Crippen LogP) is 2.19. The number of amides is 1. The van der Waals surface area contributed by atoms with E-state index in [1.54, 1.807) is 6.20 Å². The smallest absolute Gasteiger partial charge is 0.255 e. The Morgan fingerprint density at radius 1 is 1.39 bits per heavy atom. The Morgan fingerprint density at radius 2 is 2.26 bits per heavy atom. The second-order valence-electron chi connectivity index (χ2n) is 7.01. The normalized spacial score (nSPS) is 30.3. The SMILES string of the molecule is Cc1ccc(C(=O)N2C[C@@H](OCC3CC3)[C@@H]3OCCC[C@@H]32)cn1. The number of pyridine rings is 1. The summed E-state index contributed by atoms with van der Waals surface area (Å²) in [6.45, 7) is 4.15. The number of rotatable bonds is 4. The molecule has 2 aliphatic heterocycles. The topological polar surface area (TPSA) is 51.7 Å². The molecule has 3 fully saturated rings. The summed E-state index contributed by atoms with van der Waals surface area (Å²) in [5.74, 6) is 0.776. The van der Waals surface area contributed by atoms with E-state index in [1.807, 2.05) is 24.0 Å². The first kappa shape index (κ1) is 15.1. The van der Waals surface area contributed by atoms with Crippen LogP contribution in [0.3, 0.4) is 0 Å². The minimum absolute atomic E-state index is 0.0169. The van der Waals surface area contributed by atoms with Gasteiger partial charge in [-0.05, 0) is 50.7 Å². The van der Waals surface area contributed by atoms with Gasteiger partial charge in [0, 0.05) is 25.1 Å². The summed E-state index contributed by atoms with van der Waals surface area (Å²) in [4.78, 5) is 19.1. The molecule has 0 unspecified atom stereocenters. The molecule has 0 aromatic carbocycles. The van der Waals surface area contributed by atoms with Crippen molar-refractivity contribution in [3.05, 3.63) is 29.6 Å². The lowest BCUT2D eigenvalue weighted by Crippen LogP contribution is -2.44. The van der Waals surface area contributed by atoms with Crippen LogP contribution in [0.2, 0.25) is 0 Å². The van der Waals surface area contributed by atoms with E-state index < -0.39 is 0 Å². The highest BCUT2D eigenvalue weighted by molar-refractivity contribution is 5.94. The third-order valence-corrected chi connectivity index (χ3v) is 5.14. The van der Waals surface area contributed by atoms with Crippen molar-refractivity contribution in [3.63, 3.8) is 0 Å². The zero-order chi connectivity index (χ0) is 15.8. The number of carbonyl (C=O) groups is 1. The molecule has 2 saturated heterocycles. The van der Waals surface area contributed by atoms with Crippen molar-refractivity contribution in [3.8, 4) is 0 Å². The van der Waals surface area contributed by atoms with Gasteiger partial charge in [0.2, 0.25) is 0 Å². The molecule has 1 aromatic rings. The van der Waals surface area contributed by atoms with E-state index in [0.29, 0.717) is 12.1 Å². The molecule has 3 aliphatic rings. The average molecular weight is 316 g/mol. The summed E-state index contributed by atoms with van der Waals surface area (Å²) in [5, 5.41) is 0. The minimum atomic E-state index is 0.0169. The molecule has 1 aromatic heterocycles. The summed E-state index contributed by atoms with van der Waals surface area (Å²) in [5.41, 5.74) is 1.58. The molecule has 1 saturated carbocycles. The summed E-state index contributed by atoms with van der Waals surface area (Å²) >= 11 is 0. The van der Waals surface area contributed by atoms with Gasteiger partial charge in [0.05, 0.1) is 18.2 Å². The van der Waals surface area contributed by atoms with Crippen molar-refractivity contribution in [1.29, 1.82) is 0 Å². The van der Waals surface area contributed by atoms with E-state index in [2.05, 4.69) is 4.98 Å². The highest BCUT2D eigenvalue weighted by Gasteiger charge is 2.47. The number of aromatic nitrogens is 1. The van der Waals surface area contributed by atoms with Crippen LogP contribution in [0.1, 0.15) is 41.7 Å². The molecule has 0 bridgehead atoms. The molecular weight excluding hydrogens is 292 g/mol. The Kier molecular flexibility index (Phi) is 4.07. The number of likely N-dealkylation sites (tertiary alicyclic amines) is 1. The number of aryl methyl sites for hydroxylation is 1. The van der Waals surface area contributed by atoms with E-state index in [4.69, 9.17) is 9.47 Å². The molecule has 5 nitrogen and oxygen atoms in total. The second kappa shape index (κ2) is 6.21. The van der Waals surface area contributed by atoms with Crippen molar-refractivity contribution in [2.24, 2.45) is 5.92 Å². The molecule has 0 spiro atoms. The van der Waals surface area contributed by atoms with Gasteiger partial charge in [-0.1, -0.05) is 0 Å². The molecule has 1 aliphatic carbocycles. The Morgan fingerprint density at radius 3 is 3.00 bits per heavy atom. The maximum absolute atomic E-state index is 12.9. The molecule has 124 valence electrons. The highest BCUT2D eigenvalue weighted by Crippen LogP contribution is 2.34. The molecule has 0 N–H and O–H groups in total. The van der Waals surface area contributed by atoms with E-state index in [0.717, 1.165) is 37.7 Å². The third-order valence-electron chi connectivity index (χ3n) is 5.14. The van der Waals surface area contributed by atoms with E-state index in [9.17, 15) is 4.79 Å². The Labute approximate surface area is 137 Å². The van der Waals surface area contributed by atoms with Crippen molar-refractivity contribution >= 4 is 5.91 Å². The number of hydrogen-bond acceptors (Lipinski definition) is 4. The minimum Gasteiger partial charge on any atom is -0.373 e. The summed E-state index contributed by atoms with van der Waals surface area (Å²) in [6.07, 6.45) is 6.28. The quantitative estimate of drug-likeness (QED) is 0.854. The van der Waals surface area contributed by atoms with E-state index >= 15 is 0 Å². The van der Waals surface area contributed by atoms with Crippen molar-refractivity contribution in [2.45, 2.75) is 50.9 Å². The van der Waals surface area contributed by atoms with Crippen LogP contribution in [0.5, 0.6) is 0 Å². The zero-order valence-electron chi connectivity index (χ0n) is 13.6. The van der Waals surface area contributed by atoms with Crippen LogP contribution in [0.25, 0.3) is 0 Å². The summed E-state index contributed by atoms with van der Waals surface area (Å²) < 4.78 is 12.1. The summed E-state index contributed by atoms with van der Waals surface area (Å²) in [6, 6.07) is 3.89. The van der Waals surface area contributed by atoms with Gasteiger partial charge in [-0.15, -0.1) is 0 Å². The number of ether oxygens (including phenoxy) is 2. The first-order valence-electron chi connectivity index (χ1n) is 8.69. The van der Waals surface area contributed by atoms with Gasteiger partial charge in [-0.3, -0.25) is 9.78 Å². The van der Waals surface area contributed by atoms with Gasteiger partial charge in [0.25, 0.3) is 5.91 Å². The monoisotopic (exact) mass is 316 g/mol. The maximum Gasteiger partial charge on any atom is 0.255 e. The standard InChI is InChI=1S/C18H24N2O3/c1-12-4-7-14(9-19-12)18(21)20-10-16(23-11-13-5-6-13)17-15(20)3-2-8-22-17/h4,7,9,13,15-17H,2-3,5-6,8,10-11H2,1H3/t15-,16+,17+/m0/s1. The molecule has 3 atom stereocenters. The van der Waals surface area contributed by atoms with Crippen molar-refractivity contribution < 1.29 is 14.3 Å². The lowest BCUT2D eigenvalue weighted by Gasteiger charge is -2.32. The van der Waals surface area contributed by atoms with Gasteiger partial charge < -0.3 is 14.4 Å². The Balaban J connectivity index is 1.49. The average Bonchev–Trinajstić information content (AvgIpc) is 3.33. The lowest BCUT2D eigenvalue weighted by molar-refractivity contribution is -0.0781. The van der Waals surface area contributed by atoms with Gasteiger partial charge in [-0.25, -0.2) is 0 Å². The summed E-state index contributed by atoms with van der Waals surface area (Å²) in [7, 11) is 0. The highest BCUT2D eigenvalue weighted by atomic mass is 16.5. The molecule has 4 rings (SSSR count). The molecule has 5 heteroatoms. The maximum atomic E-state index is 12.9. The van der Waals surface area contributed by atoms with Gasteiger partial charge in [-0.2, -0.15) is 0 Å². The van der Waals surface area contributed by atoms with Crippen LogP contribution in [-0.2, 0) is 9.47 Å². The third kappa shape index (κ3) is 3.12. The van der Waals surface area contributed by atoms with E-state index in [-0.39, 0.29) is 24.2 Å². The van der Waals surface area contributed by atoms with Gasteiger partial charge in [0.1, 0.15) is 12.2 Å². The molecule has 23 heavy (non-hydrogen) atoms. The second-order valence-corrected chi connectivity index (χ2v) is 7.01. The van der Waals surface area contributed by atoms with Crippen molar-refractivity contribution in [2.75, 3.05) is 19.8 Å². The van der Waals surface area contributed by atoms with Crippen LogP contribution in [0.4, 0.5) is 0 Å². The number of nitrogens with zero attached hydrogens (tertiary/aromatic N) is 2. The molecule has 0 radical (unpaired) electrons. The Bertz CT molecular complexity index is 570. The zero-order valence-corrected chi connectivity index (χ0v) is 13.6. The molecule has 3 heterocycles. The van der Waals surface area contributed by atoms with Crippen LogP contribution < -0.4 is 0 Å². The fourth-order valence-corrected chi connectivity index (χ4v) is 3.59. The van der Waals surface area contributed by atoms with Crippen LogP contribution in [0.15, 0.2) is 18.3 Å². The lowest BCUT2D eigenvalue weighted by atomic mass is 10.0. The number of fused-ring (bicyclic) bond motifs is 1. The molecular formula is C18H24N2O3. The fraction of sp³-hybridized carbons (Fsp3) is 0.667. The fourth-order valence-electron chi connectivity index (χ4n) is 3.59. The largest absolute Gasteiger partial charge is 0.373 e. The first-order valence-corrected chi connectivity index (χ1v) is 8.69. The number of hydrogen-bond donors (Lipinski definition) is 0. The first-order chi connectivity index (χ1) is 11.2. The van der Waals surface area contributed by atoms with Crippen LogP contribution >= 0.6 is 0 Å².